The topological polar surface area (TPSA) is 47.7 Å². The molecule has 1 aliphatic carbocycles. The zero-order valence-corrected chi connectivity index (χ0v) is 12.8. The van der Waals surface area contributed by atoms with Gasteiger partial charge in [0.05, 0.1) is 14.2 Å². The van der Waals surface area contributed by atoms with Crippen molar-refractivity contribution in [1.29, 1.82) is 0 Å². The van der Waals surface area contributed by atoms with Gasteiger partial charge in [-0.25, -0.2) is 0 Å². The van der Waals surface area contributed by atoms with Crippen LogP contribution in [0, 0.1) is 5.92 Å². The SMILES string of the molecule is CCN(CC1CC1)CC(N)c1ccc(OC)c(OC)c1. The van der Waals surface area contributed by atoms with Crippen LogP contribution in [0.3, 0.4) is 0 Å². The van der Waals surface area contributed by atoms with Crippen LogP contribution in [0.4, 0.5) is 0 Å². The fourth-order valence-electron chi connectivity index (χ4n) is 2.47. The molecule has 0 aromatic heterocycles. The summed E-state index contributed by atoms with van der Waals surface area (Å²) < 4.78 is 10.6. The Hall–Kier alpha value is -1.26. The van der Waals surface area contributed by atoms with Crippen LogP contribution in [0.15, 0.2) is 18.2 Å². The van der Waals surface area contributed by atoms with E-state index in [1.807, 2.05) is 18.2 Å². The van der Waals surface area contributed by atoms with E-state index in [0.29, 0.717) is 0 Å². The molecular formula is C16H26N2O2. The van der Waals surface area contributed by atoms with E-state index in [4.69, 9.17) is 15.2 Å². The molecule has 0 saturated heterocycles. The molecule has 1 aliphatic rings. The Kier molecular flexibility index (Phi) is 5.26. The average molecular weight is 278 g/mol. The molecule has 20 heavy (non-hydrogen) atoms. The first-order chi connectivity index (χ1) is 9.67. The van der Waals surface area contributed by atoms with Crippen molar-refractivity contribution in [1.82, 2.24) is 4.90 Å². The number of hydrogen-bond acceptors (Lipinski definition) is 4. The maximum Gasteiger partial charge on any atom is 0.161 e. The lowest BCUT2D eigenvalue weighted by molar-refractivity contribution is 0.260. The summed E-state index contributed by atoms with van der Waals surface area (Å²) in [7, 11) is 3.30. The standard InChI is InChI=1S/C16H26N2O2/c1-4-18(10-12-5-6-12)11-14(17)13-7-8-15(19-2)16(9-13)20-3/h7-9,12,14H,4-6,10-11,17H2,1-3H3. The molecule has 0 heterocycles. The van der Waals surface area contributed by atoms with Crippen molar-refractivity contribution in [2.24, 2.45) is 11.7 Å². The molecule has 112 valence electrons. The number of hydrogen-bond donors (Lipinski definition) is 1. The number of rotatable bonds is 8. The predicted octanol–water partition coefficient (Wildman–Crippen LogP) is 2.44. The maximum atomic E-state index is 6.34. The minimum atomic E-state index is 0.00788. The summed E-state index contributed by atoms with van der Waals surface area (Å²) in [5.74, 6) is 2.38. The van der Waals surface area contributed by atoms with E-state index in [9.17, 15) is 0 Å². The fraction of sp³-hybridized carbons (Fsp3) is 0.625. The maximum absolute atomic E-state index is 6.34. The van der Waals surface area contributed by atoms with Gasteiger partial charge in [-0.1, -0.05) is 13.0 Å². The molecule has 0 radical (unpaired) electrons. The molecule has 1 saturated carbocycles. The van der Waals surface area contributed by atoms with Crippen molar-refractivity contribution >= 4 is 0 Å². The highest BCUT2D eigenvalue weighted by Crippen LogP contribution is 2.31. The van der Waals surface area contributed by atoms with Crippen molar-refractivity contribution < 1.29 is 9.47 Å². The summed E-state index contributed by atoms with van der Waals surface area (Å²) in [4.78, 5) is 2.44. The second-order valence-corrected chi connectivity index (χ2v) is 5.52. The molecule has 1 atom stereocenters. The molecule has 0 amide bonds. The van der Waals surface area contributed by atoms with Crippen LogP contribution < -0.4 is 15.2 Å². The normalized spacial score (nSPS) is 16.2. The summed E-state index contributed by atoms with van der Waals surface area (Å²) in [5.41, 5.74) is 7.44. The van der Waals surface area contributed by atoms with Crippen molar-refractivity contribution in [2.75, 3.05) is 33.9 Å². The van der Waals surface area contributed by atoms with Crippen LogP contribution in [0.5, 0.6) is 11.5 Å². The lowest BCUT2D eigenvalue weighted by Crippen LogP contribution is -2.33. The second-order valence-electron chi connectivity index (χ2n) is 5.52. The third-order valence-corrected chi connectivity index (χ3v) is 3.95. The van der Waals surface area contributed by atoms with Crippen molar-refractivity contribution in [3.63, 3.8) is 0 Å². The Balaban J connectivity index is 2.01. The molecule has 0 spiro atoms. The van der Waals surface area contributed by atoms with Crippen molar-refractivity contribution in [2.45, 2.75) is 25.8 Å². The van der Waals surface area contributed by atoms with Gasteiger partial charge in [-0.15, -0.1) is 0 Å². The van der Waals surface area contributed by atoms with Crippen LogP contribution in [0.2, 0.25) is 0 Å². The smallest absolute Gasteiger partial charge is 0.161 e. The molecule has 1 unspecified atom stereocenters. The van der Waals surface area contributed by atoms with Crippen LogP contribution in [-0.2, 0) is 0 Å². The van der Waals surface area contributed by atoms with Crippen LogP contribution in [0.1, 0.15) is 31.4 Å². The molecule has 0 bridgehead atoms. The zero-order chi connectivity index (χ0) is 14.5. The Labute approximate surface area is 121 Å². The van der Waals surface area contributed by atoms with Gasteiger partial charge in [0.2, 0.25) is 0 Å². The van der Waals surface area contributed by atoms with Crippen molar-refractivity contribution in [3.8, 4) is 11.5 Å². The molecule has 2 rings (SSSR count). The summed E-state index contributed by atoms with van der Waals surface area (Å²) >= 11 is 0. The van der Waals surface area contributed by atoms with Gasteiger partial charge in [-0.3, -0.25) is 0 Å². The summed E-state index contributed by atoms with van der Waals surface area (Å²) in [6, 6.07) is 5.94. The van der Waals surface area contributed by atoms with E-state index in [1.165, 1.54) is 19.4 Å². The molecule has 1 fully saturated rings. The zero-order valence-electron chi connectivity index (χ0n) is 12.8. The first kappa shape index (κ1) is 15.1. The van der Waals surface area contributed by atoms with Crippen molar-refractivity contribution in [3.05, 3.63) is 23.8 Å². The molecule has 2 N–H and O–H groups in total. The molecule has 0 aliphatic heterocycles. The van der Waals surface area contributed by atoms with Gasteiger partial charge in [0.25, 0.3) is 0 Å². The highest BCUT2D eigenvalue weighted by Gasteiger charge is 2.24. The Morgan fingerprint density at radius 1 is 1.25 bits per heavy atom. The van der Waals surface area contributed by atoms with Gasteiger partial charge in [0.1, 0.15) is 0 Å². The average Bonchev–Trinajstić information content (AvgIpc) is 3.29. The molecule has 1 aromatic rings. The van der Waals surface area contributed by atoms with Gasteiger partial charge in [-0.05, 0) is 43.0 Å². The molecule has 4 nitrogen and oxygen atoms in total. The van der Waals surface area contributed by atoms with Gasteiger partial charge < -0.3 is 20.1 Å². The van der Waals surface area contributed by atoms with E-state index < -0.39 is 0 Å². The third-order valence-electron chi connectivity index (χ3n) is 3.95. The highest BCUT2D eigenvalue weighted by atomic mass is 16.5. The molecule has 4 heteroatoms. The number of methoxy groups -OCH3 is 2. The fourth-order valence-corrected chi connectivity index (χ4v) is 2.47. The number of benzene rings is 1. The largest absolute Gasteiger partial charge is 0.493 e. The summed E-state index contributed by atoms with van der Waals surface area (Å²) in [6.07, 6.45) is 2.75. The van der Waals surface area contributed by atoms with Gasteiger partial charge in [0.15, 0.2) is 11.5 Å². The van der Waals surface area contributed by atoms with E-state index in [2.05, 4.69) is 11.8 Å². The summed E-state index contributed by atoms with van der Waals surface area (Å²) in [5, 5.41) is 0. The quantitative estimate of drug-likeness (QED) is 0.793. The number of nitrogens with zero attached hydrogens (tertiary/aromatic N) is 1. The van der Waals surface area contributed by atoms with Gasteiger partial charge in [0, 0.05) is 19.1 Å². The van der Waals surface area contributed by atoms with Gasteiger partial charge >= 0.3 is 0 Å². The van der Waals surface area contributed by atoms with E-state index in [-0.39, 0.29) is 6.04 Å². The predicted molar refractivity (Wildman–Crippen MR) is 81.3 cm³/mol. The van der Waals surface area contributed by atoms with E-state index in [1.54, 1.807) is 14.2 Å². The Bertz CT molecular complexity index is 432. The van der Waals surface area contributed by atoms with Crippen LogP contribution in [0.25, 0.3) is 0 Å². The lowest BCUT2D eigenvalue weighted by Gasteiger charge is -2.24. The van der Waals surface area contributed by atoms with Crippen LogP contribution >= 0.6 is 0 Å². The Morgan fingerprint density at radius 3 is 2.50 bits per heavy atom. The molecule has 1 aromatic carbocycles. The highest BCUT2D eigenvalue weighted by molar-refractivity contribution is 5.43. The van der Waals surface area contributed by atoms with E-state index >= 15 is 0 Å². The monoisotopic (exact) mass is 278 g/mol. The Morgan fingerprint density at radius 2 is 1.95 bits per heavy atom. The van der Waals surface area contributed by atoms with Crippen LogP contribution in [-0.4, -0.2) is 38.8 Å². The number of nitrogens with two attached hydrogens (primary N) is 1. The number of ether oxygens (including phenoxy) is 2. The third kappa shape index (κ3) is 3.87. The van der Waals surface area contributed by atoms with Gasteiger partial charge in [-0.2, -0.15) is 0 Å². The molecular weight excluding hydrogens is 252 g/mol. The minimum absolute atomic E-state index is 0.00788. The second kappa shape index (κ2) is 6.95. The first-order valence-electron chi connectivity index (χ1n) is 7.37. The van der Waals surface area contributed by atoms with E-state index in [0.717, 1.165) is 36.1 Å². The summed E-state index contributed by atoms with van der Waals surface area (Å²) in [6.45, 7) is 5.32. The number of likely N-dealkylation sites (N-methyl/N-ethyl adjacent to an activating group) is 1. The minimum Gasteiger partial charge on any atom is -0.493 e. The lowest BCUT2D eigenvalue weighted by atomic mass is 10.1. The first-order valence-corrected chi connectivity index (χ1v) is 7.37.